The number of rotatable bonds is 19. The first-order valence-electron chi connectivity index (χ1n) is 10.9. The predicted octanol–water partition coefficient (Wildman–Crippen LogP) is 7.82. The van der Waals surface area contributed by atoms with Gasteiger partial charge in [0.15, 0.2) is 0 Å². The summed E-state index contributed by atoms with van der Waals surface area (Å²) >= 11 is 0. The second kappa shape index (κ2) is 17.6. The Balaban J connectivity index is 3.18. The van der Waals surface area contributed by atoms with Gasteiger partial charge in [0.05, 0.1) is 5.60 Å². The van der Waals surface area contributed by atoms with Gasteiger partial charge in [0.1, 0.15) is 0 Å². The molecule has 0 aliphatic rings. The first-order chi connectivity index (χ1) is 12.0. The van der Waals surface area contributed by atoms with Crippen LogP contribution in [0.3, 0.4) is 0 Å². The summed E-state index contributed by atoms with van der Waals surface area (Å²) < 4.78 is 15.8. The van der Waals surface area contributed by atoms with Crippen LogP contribution >= 0.6 is 8.25 Å². The highest BCUT2D eigenvalue weighted by atomic mass is 31.1. The molecule has 152 valence electrons. The van der Waals surface area contributed by atoms with Crippen LogP contribution in [0.4, 0.5) is 0 Å². The zero-order chi connectivity index (χ0) is 18.8. The molecule has 0 saturated carbocycles. The Morgan fingerprint density at radius 2 is 1.00 bits per heavy atom. The summed E-state index contributed by atoms with van der Waals surface area (Å²) in [5.41, 5.74) is -0.458. The van der Waals surface area contributed by atoms with E-state index in [0.717, 1.165) is 12.8 Å². The minimum absolute atomic E-state index is 0.458. The molecule has 0 bridgehead atoms. The highest BCUT2D eigenvalue weighted by molar-refractivity contribution is 7.32. The fraction of sp³-hybridized carbons (Fsp3) is 1.00. The lowest BCUT2D eigenvalue weighted by atomic mass is 9.99. The predicted molar refractivity (Wildman–Crippen MR) is 111 cm³/mol. The molecule has 0 aromatic carbocycles. The Kier molecular flexibility index (Phi) is 17.7. The highest BCUT2D eigenvalue weighted by Gasteiger charge is 2.19. The molecule has 0 rings (SSSR count). The van der Waals surface area contributed by atoms with Crippen molar-refractivity contribution < 1.29 is 14.0 Å². The summed E-state index contributed by atoms with van der Waals surface area (Å²) in [6, 6.07) is 0. The molecule has 0 aromatic heterocycles. The van der Waals surface area contributed by atoms with Crippen LogP contribution in [0.2, 0.25) is 0 Å². The van der Waals surface area contributed by atoms with E-state index < -0.39 is 13.9 Å². The summed E-state index contributed by atoms with van der Waals surface area (Å²) in [7, 11) is -2.81. The van der Waals surface area contributed by atoms with Crippen LogP contribution in [0.1, 0.15) is 130 Å². The van der Waals surface area contributed by atoms with E-state index in [1.807, 2.05) is 13.8 Å². The SMILES string of the molecule is CCCCCCCCCCCCCCCCCCC(C)(C)O[PH](=O)O. The second-order valence-corrected chi connectivity index (χ2v) is 8.92. The van der Waals surface area contributed by atoms with Crippen molar-refractivity contribution >= 4 is 8.25 Å². The molecule has 4 heteroatoms. The van der Waals surface area contributed by atoms with Crippen molar-refractivity contribution in [1.29, 1.82) is 0 Å². The summed E-state index contributed by atoms with van der Waals surface area (Å²) in [5, 5.41) is 0. The average Bonchev–Trinajstić information content (AvgIpc) is 2.53. The van der Waals surface area contributed by atoms with Crippen molar-refractivity contribution in [1.82, 2.24) is 0 Å². The molecular formula is C21H45O3P. The van der Waals surface area contributed by atoms with Crippen molar-refractivity contribution in [2.24, 2.45) is 0 Å². The Morgan fingerprint density at radius 1 is 0.680 bits per heavy atom. The van der Waals surface area contributed by atoms with E-state index in [9.17, 15) is 4.57 Å². The average molecular weight is 377 g/mol. The van der Waals surface area contributed by atoms with E-state index in [0.29, 0.717) is 0 Å². The molecule has 3 nitrogen and oxygen atoms in total. The Morgan fingerprint density at radius 3 is 1.32 bits per heavy atom. The largest absolute Gasteiger partial charge is 0.326 e. The van der Waals surface area contributed by atoms with Gasteiger partial charge in [-0.3, -0.25) is 4.57 Å². The molecule has 1 unspecified atom stereocenters. The van der Waals surface area contributed by atoms with E-state index in [4.69, 9.17) is 9.42 Å². The molecule has 25 heavy (non-hydrogen) atoms. The normalized spacial score (nSPS) is 13.3. The van der Waals surface area contributed by atoms with Crippen LogP contribution < -0.4 is 0 Å². The maximum atomic E-state index is 10.7. The monoisotopic (exact) mass is 376 g/mol. The van der Waals surface area contributed by atoms with Crippen molar-refractivity contribution in [2.45, 2.75) is 136 Å². The third kappa shape index (κ3) is 20.3. The van der Waals surface area contributed by atoms with Crippen LogP contribution in [0.25, 0.3) is 0 Å². The van der Waals surface area contributed by atoms with Gasteiger partial charge in [-0.1, -0.05) is 110 Å². The summed E-state index contributed by atoms with van der Waals surface area (Å²) in [6.45, 7) is 6.08. The van der Waals surface area contributed by atoms with Gasteiger partial charge >= 0.3 is 8.25 Å². The second-order valence-electron chi connectivity index (χ2n) is 8.18. The lowest BCUT2D eigenvalue weighted by molar-refractivity contribution is 0.0910. The van der Waals surface area contributed by atoms with E-state index >= 15 is 0 Å². The van der Waals surface area contributed by atoms with Gasteiger partial charge in [-0.2, -0.15) is 0 Å². The molecule has 1 atom stereocenters. The van der Waals surface area contributed by atoms with Crippen molar-refractivity contribution in [2.75, 3.05) is 0 Å². The summed E-state index contributed by atoms with van der Waals surface area (Å²) in [5.74, 6) is 0. The molecular weight excluding hydrogens is 331 g/mol. The van der Waals surface area contributed by atoms with Crippen molar-refractivity contribution in [3.05, 3.63) is 0 Å². The van der Waals surface area contributed by atoms with E-state index in [1.165, 1.54) is 96.3 Å². The van der Waals surface area contributed by atoms with Crippen LogP contribution in [0.5, 0.6) is 0 Å². The highest BCUT2D eigenvalue weighted by Crippen LogP contribution is 2.29. The van der Waals surface area contributed by atoms with Gasteiger partial charge in [-0.25, -0.2) is 0 Å². The molecule has 0 heterocycles. The quantitative estimate of drug-likeness (QED) is 0.185. The van der Waals surface area contributed by atoms with E-state index in [-0.39, 0.29) is 0 Å². The topological polar surface area (TPSA) is 46.5 Å². The summed E-state index contributed by atoms with van der Waals surface area (Å²) in [6.07, 6.45) is 22.7. The van der Waals surface area contributed by atoms with Crippen molar-refractivity contribution in [3.63, 3.8) is 0 Å². The maximum absolute atomic E-state index is 10.7. The zero-order valence-electron chi connectivity index (χ0n) is 17.3. The molecule has 1 N–H and O–H groups in total. The lowest BCUT2D eigenvalue weighted by Crippen LogP contribution is -2.20. The molecule has 0 aromatic rings. The van der Waals surface area contributed by atoms with E-state index in [1.54, 1.807) is 0 Å². The number of hydrogen-bond donors (Lipinski definition) is 1. The fourth-order valence-corrected chi connectivity index (χ4v) is 3.96. The zero-order valence-corrected chi connectivity index (χ0v) is 18.3. The van der Waals surface area contributed by atoms with Gasteiger partial charge in [0.2, 0.25) is 0 Å². The van der Waals surface area contributed by atoms with E-state index in [2.05, 4.69) is 6.92 Å². The van der Waals surface area contributed by atoms with Gasteiger partial charge in [-0.05, 0) is 20.3 Å². The maximum Gasteiger partial charge on any atom is 0.317 e. The Labute approximate surface area is 158 Å². The molecule has 0 spiro atoms. The molecule has 0 amide bonds. The number of unbranched alkanes of at least 4 members (excludes halogenated alkanes) is 15. The Hall–Kier alpha value is 0.150. The van der Waals surface area contributed by atoms with Crippen LogP contribution in [0.15, 0.2) is 0 Å². The third-order valence-corrected chi connectivity index (χ3v) is 5.72. The molecule has 0 aliphatic heterocycles. The van der Waals surface area contributed by atoms with Crippen LogP contribution in [-0.4, -0.2) is 10.5 Å². The Bertz CT molecular complexity index is 306. The lowest BCUT2D eigenvalue weighted by Gasteiger charge is -2.23. The van der Waals surface area contributed by atoms with Gasteiger partial charge in [0.25, 0.3) is 0 Å². The first kappa shape index (κ1) is 25.1. The molecule has 0 radical (unpaired) electrons. The molecule has 0 fully saturated rings. The molecule has 0 aliphatic carbocycles. The summed E-state index contributed by atoms with van der Waals surface area (Å²) in [4.78, 5) is 8.85. The smallest absolute Gasteiger partial charge is 0.317 e. The van der Waals surface area contributed by atoms with Gasteiger partial charge in [-0.15, -0.1) is 0 Å². The minimum Gasteiger partial charge on any atom is -0.326 e. The van der Waals surface area contributed by atoms with Gasteiger partial charge in [0, 0.05) is 0 Å². The first-order valence-corrected chi connectivity index (χ1v) is 12.2. The number of hydrogen-bond acceptors (Lipinski definition) is 2. The fourth-order valence-electron chi connectivity index (χ4n) is 3.39. The van der Waals surface area contributed by atoms with Crippen molar-refractivity contribution in [3.8, 4) is 0 Å². The minimum atomic E-state index is -2.81. The van der Waals surface area contributed by atoms with Gasteiger partial charge < -0.3 is 9.42 Å². The third-order valence-electron chi connectivity index (χ3n) is 5.00. The van der Waals surface area contributed by atoms with Crippen LogP contribution in [0, 0.1) is 0 Å². The van der Waals surface area contributed by atoms with Crippen LogP contribution in [-0.2, 0) is 9.09 Å². The standard InChI is InChI=1S/C21H45O3P/c1-4-5-6-7-8-9-10-11-12-13-14-15-16-17-18-19-20-21(2,3)24-25(22)23/h25H,4-20H2,1-3H3,(H,22,23). The molecule has 0 saturated heterocycles.